The van der Waals surface area contributed by atoms with Crippen LogP contribution in [0.5, 0.6) is 0 Å². The number of sulfonamides is 1. The van der Waals surface area contributed by atoms with Gasteiger partial charge in [0.25, 0.3) is 0 Å². The maximum absolute atomic E-state index is 12.7. The average Bonchev–Trinajstić information content (AvgIpc) is 3.00. The van der Waals surface area contributed by atoms with Crippen molar-refractivity contribution in [3.63, 3.8) is 0 Å². The molecule has 0 spiro atoms. The third kappa shape index (κ3) is 2.11. The molecule has 0 saturated carbocycles. The first kappa shape index (κ1) is 13.8. The molecule has 0 aliphatic carbocycles. The molecule has 5 nitrogen and oxygen atoms in total. The van der Waals surface area contributed by atoms with Crippen LogP contribution in [-0.4, -0.2) is 38.4 Å². The zero-order valence-electron chi connectivity index (χ0n) is 10.7. The summed E-state index contributed by atoms with van der Waals surface area (Å²) < 4.78 is 26.9. The van der Waals surface area contributed by atoms with Gasteiger partial charge in [0.15, 0.2) is 0 Å². The summed E-state index contributed by atoms with van der Waals surface area (Å²) in [5, 5.41) is 12.3. The highest BCUT2D eigenvalue weighted by atomic mass is 35.5. The Bertz CT molecular complexity index is 683. The molecule has 2 saturated heterocycles. The van der Waals surface area contributed by atoms with E-state index in [1.54, 1.807) is 4.31 Å². The Morgan fingerprint density at radius 3 is 2.90 bits per heavy atom. The Balaban J connectivity index is 1.96. The summed E-state index contributed by atoms with van der Waals surface area (Å²) in [7, 11) is -3.54. The lowest BCUT2D eigenvalue weighted by Crippen LogP contribution is -2.39. The fourth-order valence-corrected chi connectivity index (χ4v) is 5.00. The first-order valence-electron chi connectivity index (χ1n) is 6.46. The van der Waals surface area contributed by atoms with E-state index in [1.165, 1.54) is 18.2 Å². The van der Waals surface area contributed by atoms with Crippen molar-refractivity contribution < 1.29 is 8.42 Å². The molecule has 2 atom stereocenters. The third-order valence-corrected chi connectivity index (χ3v) is 6.30. The highest BCUT2D eigenvalue weighted by Gasteiger charge is 2.43. The lowest BCUT2D eigenvalue weighted by Gasteiger charge is -2.22. The first-order valence-corrected chi connectivity index (χ1v) is 8.28. The Morgan fingerprint density at radius 2 is 2.20 bits per heavy atom. The number of rotatable bonds is 2. The van der Waals surface area contributed by atoms with Crippen LogP contribution in [0.15, 0.2) is 23.1 Å². The molecule has 0 radical (unpaired) electrons. The molecule has 1 N–H and O–H groups in total. The molecule has 2 fully saturated rings. The lowest BCUT2D eigenvalue weighted by atomic mass is 10.1. The van der Waals surface area contributed by atoms with Crippen molar-refractivity contribution in [1.82, 2.24) is 9.62 Å². The minimum atomic E-state index is -3.54. The number of nitrogens with one attached hydrogen (secondary N) is 1. The summed E-state index contributed by atoms with van der Waals surface area (Å²) in [5.74, 6) is 0.402. The van der Waals surface area contributed by atoms with Gasteiger partial charge in [0.2, 0.25) is 10.0 Å². The van der Waals surface area contributed by atoms with Crippen LogP contribution in [-0.2, 0) is 10.0 Å². The third-order valence-electron chi connectivity index (χ3n) is 4.06. The van der Waals surface area contributed by atoms with Crippen molar-refractivity contribution in [3.8, 4) is 6.07 Å². The molecule has 1 aromatic carbocycles. The Labute approximate surface area is 123 Å². The van der Waals surface area contributed by atoms with Crippen LogP contribution in [0.1, 0.15) is 12.0 Å². The highest BCUT2D eigenvalue weighted by molar-refractivity contribution is 7.89. The van der Waals surface area contributed by atoms with Crippen molar-refractivity contribution in [1.29, 1.82) is 5.26 Å². The fourth-order valence-electron chi connectivity index (χ4n) is 2.99. The molecule has 7 heteroatoms. The topological polar surface area (TPSA) is 73.2 Å². The van der Waals surface area contributed by atoms with Crippen molar-refractivity contribution >= 4 is 21.6 Å². The summed E-state index contributed by atoms with van der Waals surface area (Å²) in [6, 6.07) is 6.24. The van der Waals surface area contributed by atoms with E-state index >= 15 is 0 Å². The molecule has 3 rings (SSSR count). The van der Waals surface area contributed by atoms with Gasteiger partial charge in [-0.3, -0.25) is 0 Å². The molecule has 0 bridgehead atoms. The van der Waals surface area contributed by atoms with E-state index in [0.717, 1.165) is 13.0 Å². The number of nitriles is 1. The average molecular weight is 312 g/mol. The molecular formula is C13H14ClN3O2S. The molecule has 20 heavy (non-hydrogen) atoms. The van der Waals surface area contributed by atoms with E-state index < -0.39 is 10.0 Å². The van der Waals surface area contributed by atoms with Crippen molar-refractivity contribution in [2.24, 2.45) is 5.92 Å². The number of nitrogens with zero attached hydrogens (tertiary/aromatic N) is 2. The van der Waals surface area contributed by atoms with Crippen molar-refractivity contribution in [2.45, 2.75) is 17.4 Å². The number of hydrogen-bond donors (Lipinski definition) is 1. The zero-order valence-corrected chi connectivity index (χ0v) is 12.3. The number of benzene rings is 1. The SMILES string of the molecule is N#Cc1ccc(S(=O)(=O)N2CC[C@H]3CNC[C@H]32)cc1Cl. The maximum atomic E-state index is 12.7. The molecule has 1 aromatic rings. The van der Waals surface area contributed by atoms with E-state index in [9.17, 15) is 8.42 Å². The van der Waals surface area contributed by atoms with Crippen LogP contribution >= 0.6 is 11.6 Å². The second-order valence-electron chi connectivity index (χ2n) is 5.14. The van der Waals surface area contributed by atoms with Gasteiger partial charge in [-0.05, 0) is 37.1 Å². The van der Waals surface area contributed by atoms with Gasteiger partial charge in [0.05, 0.1) is 15.5 Å². The Hall–Kier alpha value is -1.13. The standard InChI is InChI=1S/C13H14ClN3O2S/c14-12-5-11(2-1-9(12)6-15)20(18,19)17-4-3-10-7-16-8-13(10)17/h1-2,5,10,13,16H,3-4,7-8H2/t10-,13+/m0/s1. The monoisotopic (exact) mass is 311 g/mol. The molecule has 0 amide bonds. The second kappa shape index (κ2) is 5.01. The molecule has 0 aromatic heterocycles. The quantitative estimate of drug-likeness (QED) is 0.890. The highest BCUT2D eigenvalue weighted by Crippen LogP contribution is 2.33. The van der Waals surface area contributed by atoms with Gasteiger partial charge >= 0.3 is 0 Å². The van der Waals surface area contributed by atoms with Gasteiger partial charge in [0, 0.05) is 19.1 Å². The van der Waals surface area contributed by atoms with Crippen LogP contribution in [0.3, 0.4) is 0 Å². The smallest absolute Gasteiger partial charge is 0.243 e. The van der Waals surface area contributed by atoms with Gasteiger partial charge in [-0.15, -0.1) is 0 Å². The largest absolute Gasteiger partial charge is 0.315 e. The van der Waals surface area contributed by atoms with Gasteiger partial charge in [-0.1, -0.05) is 11.6 Å². The molecule has 0 unspecified atom stereocenters. The van der Waals surface area contributed by atoms with Gasteiger partial charge in [0.1, 0.15) is 6.07 Å². The van der Waals surface area contributed by atoms with Crippen LogP contribution < -0.4 is 5.32 Å². The molecular weight excluding hydrogens is 298 g/mol. The normalized spacial score (nSPS) is 26.4. The summed E-state index contributed by atoms with van der Waals surface area (Å²) in [6.45, 7) is 2.13. The van der Waals surface area contributed by atoms with E-state index in [4.69, 9.17) is 16.9 Å². The van der Waals surface area contributed by atoms with E-state index in [2.05, 4.69) is 5.32 Å². The number of hydrogen-bond acceptors (Lipinski definition) is 4. The Morgan fingerprint density at radius 1 is 1.40 bits per heavy atom. The van der Waals surface area contributed by atoms with Gasteiger partial charge in [-0.25, -0.2) is 8.42 Å². The molecule has 2 heterocycles. The van der Waals surface area contributed by atoms with Gasteiger partial charge in [-0.2, -0.15) is 9.57 Å². The maximum Gasteiger partial charge on any atom is 0.243 e. The summed E-state index contributed by atoms with van der Waals surface area (Å²) in [6.07, 6.45) is 0.890. The summed E-state index contributed by atoms with van der Waals surface area (Å²) in [4.78, 5) is 0.161. The van der Waals surface area contributed by atoms with Crippen molar-refractivity contribution in [2.75, 3.05) is 19.6 Å². The molecule has 106 valence electrons. The van der Waals surface area contributed by atoms with Crippen LogP contribution in [0.2, 0.25) is 5.02 Å². The van der Waals surface area contributed by atoms with Gasteiger partial charge < -0.3 is 5.32 Å². The number of halogens is 1. The van der Waals surface area contributed by atoms with E-state index in [0.29, 0.717) is 19.0 Å². The first-order chi connectivity index (χ1) is 9.54. The fraction of sp³-hybridized carbons (Fsp3) is 0.462. The van der Waals surface area contributed by atoms with Crippen LogP contribution in [0.4, 0.5) is 0 Å². The predicted molar refractivity (Wildman–Crippen MR) is 74.8 cm³/mol. The minimum absolute atomic E-state index is 0.0365. The van der Waals surface area contributed by atoms with E-state index in [1.807, 2.05) is 6.07 Å². The number of fused-ring (bicyclic) bond motifs is 1. The summed E-state index contributed by atoms with van der Waals surface area (Å²) in [5.41, 5.74) is 0.285. The molecule has 2 aliphatic rings. The second-order valence-corrected chi connectivity index (χ2v) is 7.44. The van der Waals surface area contributed by atoms with Crippen LogP contribution in [0.25, 0.3) is 0 Å². The zero-order chi connectivity index (χ0) is 14.3. The lowest BCUT2D eigenvalue weighted by molar-refractivity contribution is 0.383. The summed E-state index contributed by atoms with van der Waals surface area (Å²) >= 11 is 5.94. The van der Waals surface area contributed by atoms with Crippen molar-refractivity contribution in [3.05, 3.63) is 28.8 Å². The Kier molecular flexibility index (Phi) is 3.46. The minimum Gasteiger partial charge on any atom is -0.315 e. The predicted octanol–water partition coefficient (Wildman–Crippen LogP) is 1.19. The van der Waals surface area contributed by atoms with Crippen LogP contribution in [0, 0.1) is 17.2 Å². The molecule has 2 aliphatic heterocycles. The van der Waals surface area contributed by atoms with E-state index in [-0.39, 0.29) is 21.5 Å².